The molecule has 0 bridgehead atoms. The number of amides is 5. The van der Waals surface area contributed by atoms with E-state index in [0.29, 0.717) is 29.4 Å². The Balaban J connectivity index is 1.62. The van der Waals surface area contributed by atoms with Crippen LogP contribution < -0.4 is 21.7 Å². The molecular formula is C38H44N6O7. The number of likely N-dealkylation sites (N-methyl/N-ethyl adjacent to an activating group) is 1. The van der Waals surface area contributed by atoms with Gasteiger partial charge >= 0.3 is 6.09 Å². The number of fused-ring (bicyclic) bond motifs is 1. The largest absolute Gasteiger partial charge is 0.444 e. The fourth-order valence-corrected chi connectivity index (χ4v) is 5.59. The molecule has 0 spiro atoms. The number of para-hydroxylation sites is 1. The highest BCUT2D eigenvalue weighted by Crippen LogP contribution is 2.22. The summed E-state index contributed by atoms with van der Waals surface area (Å²) >= 11 is 0. The average molecular weight is 697 g/mol. The van der Waals surface area contributed by atoms with E-state index in [0.717, 1.165) is 11.1 Å². The van der Waals surface area contributed by atoms with Crippen LogP contribution in [0, 0.1) is 0 Å². The molecule has 268 valence electrons. The first kappa shape index (κ1) is 37.8. The molecule has 0 aliphatic rings. The van der Waals surface area contributed by atoms with E-state index < -0.39 is 54.0 Å². The zero-order valence-electron chi connectivity index (χ0n) is 29.1. The maximum Gasteiger partial charge on any atom is 0.408 e. The van der Waals surface area contributed by atoms with Crippen molar-refractivity contribution in [1.82, 2.24) is 25.4 Å². The summed E-state index contributed by atoms with van der Waals surface area (Å²) in [5, 5.41) is 8.51. The molecule has 4 aromatic rings. The van der Waals surface area contributed by atoms with Gasteiger partial charge in [0.25, 0.3) is 0 Å². The third-order valence-electron chi connectivity index (χ3n) is 7.97. The molecule has 0 aliphatic carbocycles. The Labute approximate surface area is 296 Å². The van der Waals surface area contributed by atoms with Crippen LogP contribution in [0.1, 0.15) is 43.9 Å². The summed E-state index contributed by atoms with van der Waals surface area (Å²) in [4.78, 5) is 79.5. The zero-order valence-corrected chi connectivity index (χ0v) is 29.1. The number of aromatic nitrogens is 1. The second-order valence-electron chi connectivity index (χ2n) is 13.2. The molecule has 51 heavy (non-hydrogen) atoms. The lowest BCUT2D eigenvalue weighted by atomic mass is 10.0. The fraction of sp³-hybridized carbons (Fsp3) is 0.316. The minimum Gasteiger partial charge on any atom is -0.444 e. The van der Waals surface area contributed by atoms with E-state index >= 15 is 0 Å². The van der Waals surface area contributed by atoms with Crippen molar-refractivity contribution in [2.45, 2.75) is 70.3 Å². The van der Waals surface area contributed by atoms with Crippen LogP contribution in [0.25, 0.3) is 10.9 Å². The standard InChI is InChI=1S/C38H44N6O7/c1-38(2,3)51-37(50)42-29(34(39)47)21-33(46)40-30(20-27-23-44(24-45)32-18-12-11-17-28(27)32)35(48)41-31(19-25-13-7-5-8-14-25)36(49)43(4)22-26-15-9-6-10-16-26/h5-18,23-24,29-31H,19-22H2,1-4H3,(H2,39,47)(H,40,46)(H,41,48)(H,42,50)/t29?,30-,31+/m1/s1. The number of hydrogen-bond acceptors (Lipinski definition) is 7. The van der Waals surface area contributed by atoms with Crippen molar-refractivity contribution in [3.63, 3.8) is 0 Å². The first-order valence-electron chi connectivity index (χ1n) is 16.5. The predicted molar refractivity (Wildman–Crippen MR) is 192 cm³/mol. The van der Waals surface area contributed by atoms with Gasteiger partial charge in [-0.1, -0.05) is 78.9 Å². The minimum absolute atomic E-state index is 0.0776. The Morgan fingerprint density at radius 2 is 1.41 bits per heavy atom. The van der Waals surface area contributed by atoms with E-state index in [1.165, 1.54) is 9.47 Å². The summed E-state index contributed by atoms with van der Waals surface area (Å²) in [6.07, 6.45) is 0.750. The second-order valence-corrected chi connectivity index (χ2v) is 13.2. The lowest BCUT2D eigenvalue weighted by molar-refractivity contribution is -0.137. The van der Waals surface area contributed by atoms with Gasteiger partial charge in [0.15, 0.2) is 0 Å². The number of ether oxygens (including phenoxy) is 1. The molecule has 3 aromatic carbocycles. The van der Waals surface area contributed by atoms with Crippen molar-refractivity contribution >= 4 is 47.0 Å². The molecule has 1 aromatic heterocycles. The molecule has 5 amide bonds. The van der Waals surface area contributed by atoms with E-state index in [-0.39, 0.29) is 18.7 Å². The van der Waals surface area contributed by atoms with Gasteiger partial charge in [-0.25, -0.2) is 4.79 Å². The summed E-state index contributed by atoms with van der Waals surface area (Å²) in [6.45, 7) is 5.21. The van der Waals surface area contributed by atoms with Crippen LogP contribution in [0.4, 0.5) is 4.79 Å². The van der Waals surface area contributed by atoms with Gasteiger partial charge in [0, 0.05) is 38.0 Å². The number of hydrogen-bond donors (Lipinski definition) is 4. The Bertz CT molecular complexity index is 1850. The number of carbonyl (C=O) groups is 6. The fourth-order valence-electron chi connectivity index (χ4n) is 5.59. The van der Waals surface area contributed by atoms with E-state index in [4.69, 9.17) is 10.5 Å². The monoisotopic (exact) mass is 696 g/mol. The minimum atomic E-state index is -1.44. The summed E-state index contributed by atoms with van der Waals surface area (Å²) in [5.41, 5.74) is 7.50. The lowest BCUT2D eigenvalue weighted by Crippen LogP contribution is -2.56. The van der Waals surface area contributed by atoms with Crippen LogP contribution in [-0.4, -0.2) is 76.4 Å². The van der Waals surface area contributed by atoms with Crippen molar-refractivity contribution < 1.29 is 33.5 Å². The molecule has 13 heteroatoms. The lowest BCUT2D eigenvalue weighted by Gasteiger charge is -2.27. The molecule has 3 atom stereocenters. The smallest absolute Gasteiger partial charge is 0.408 e. The van der Waals surface area contributed by atoms with Gasteiger partial charge < -0.3 is 31.3 Å². The van der Waals surface area contributed by atoms with E-state index in [1.54, 1.807) is 58.3 Å². The molecule has 5 N–H and O–H groups in total. The summed E-state index contributed by atoms with van der Waals surface area (Å²) in [5.74, 6) is -2.79. The maximum atomic E-state index is 14.2. The van der Waals surface area contributed by atoms with Gasteiger partial charge in [0.05, 0.1) is 11.9 Å². The van der Waals surface area contributed by atoms with Gasteiger partial charge in [0.1, 0.15) is 23.7 Å². The maximum absolute atomic E-state index is 14.2. The predicted octanol–water partition coefficient (Wildman–Crippen LogP) is 2.86. The number of rotatable bonds is 15. The van der Waals surface area contributed by atoms with Crippen LogP contribution in [0.15, 0.2) is 91.1 Å². The number of nitrogens with zero attached hydrogens (tertiary/aromatic N) is 2. The molecule has 13 nitrogen and oxygen atoms in total. The van der Waals surface area contributed by atoms with Gasteiger partial charge in [0.2, 0.25) is 30.0 Å². The number of benzene rings is 3. The molecule has 0 aliphatic heterocycles. The second kappa shape index (κ2) is 17.1. The van der Waals surface area contributed by atoms with E-state index in [9.17, 15) is 28.8 Å². The Hall–Kier alpha value is -5.98. The van der Waals surface area contributed by atoms with Crippen LogP contribution in [0.5, 0.6) is 0 Å². The Morgan fingerprint density at radius 3 is 2.02 bits per heavy atom. The van der Waals surface area contributed by atoms with Crippen LogP contribution >= 0.6 is 0 Å². The molecule has 1 heterocycles. The number of carbonyl (C=O) groups excluding carboxylic acids is 6. The van der Waals surface area contributed by atoms with Gasteiger partial charge in [-0.3, -0.25) is 28.5 Å². The number of alkyl carbamates (subject to hydrolysis) is 1. The highest BCUT2D eigenvalue weighted by molar-refractivity contribution is 5.95. The first-order chi connectivity index (χ1) is 24.2. The highest BCUT2D eigenvalue weighted by atomic mass is 16.6. The third-order valence-corrected chi connectivity index (χ3v) is 7.97. The van der Waals surface area contributed by atoms with E-state index in [2.05, 4.69) is 16.0 Å². The third kappa shape index (κ3) is 11.0. The summed E-state index contributed by atoms with van der Waals surface area (Å²) in [7, 11) is 1.65. The normalized spacial score (nSPS) is 12.9. The van der Waals surface area contributed by atoms with Crippen molar-refractivity contribution in [2.24, 2.45) is 5.73 Å². The zero-order chi connectivity index (χ0) is 37.1. The average Bonchev–Trinajstić information content (AvgIpc) is 3.44. The molecule has 0 saturated carbocycles. The quantitative estimate of drug-likeness (QED) is 0.138. The van der Waals surface area contributed by atoms with Gasteiger partial charge in [-0.2, -0.15) is 0 Å². The van der Waals surface area contributed by atoms with Crippen LogP contribution in [-0.2, 0) is 48.1 Å². The topological polar surface area (TPSA) is 182 Å². The van der Waals surface area contributed by atoms with Crippen molar-refractivity contribution in [2.75, 3.05) is 7.05 Å². The summed E-state index contributed by atoms with van der Waals surface area (Å²) in [6, 6.07) is 22.0. The Morgan fingerprint density at radius 1 is 0.804 bits per heavy atom. The molecule has 1 unspecified atom stereocenters. The van der Waals surface area contributed by atoms with Crippen LogP contribution in [0.3, 0.4) is 0 Å². The number of nitrogens with two attached hydrogens (primary N) is 1. The molecule has 0 saturated heterocycles. The molecule has 0 radical (unpaired) electrons. The molecule has 0 fully saturated rings. The van der Waals surface area contributed by atoms with Crippen molar-refractivity contribution in [1.29, 1.82) is 0 Å². The highest BCUT2D eigenvalue weighted by Gasteiger charge is 2.31. The number of nitrogens with one attached hydrogen (secondary N) is 3. The number of primary amides is 1. The molecular weight excluding hydrogens is 652 g/mol. The van der Waals surface area contributed by atoms with Gasteiger partial charge in [-0.05, 0) is 43.5 Å². The first-order valence-corrected chi connectivity index (χ1v) is 16.5. The van der Waals surface area contributed by atoms with Crippen molar-refractivity contribution in [3.05, 3.63) is 108 Å². The van der Waals surface area contributed by atoms with Crippen LogP contribution in [0.2, 0.25) is 0 Å². The van der Waals surface area contributed by atoms with Gasteiger partial charge in [-0.15, -0.1) is 0 Å². The SMILES string of the molecule is CN(Cc1ccccc1)C(=O)[C@H](Cc1ccccc1)NC(=O)[C@@H](Cc1cn(C=O)c2ccccc12)NC(=O)CC(NC(=O)OC(C)(C)C)C(N)=O. The Kier molecular flexibility index (Phi) is 12.7. The van der Waals surface area contributed by atoms with Crippen molar-refractivity contribution in [3.8, 4) is 0 Å². The van der Waals surface area contributed by atoms with E-state index in [1.807, 2.05) is 60.7 Å². The molecule has 4 rings (SSSR count). The summed E-state index contributed by atoms with van der Waals surface area (Å²) < 4.78 is 6.57.